The summed E-state index contributed by atoms with van der Waals surface area (Å²) in [5, 5.41) is 3.24. The number of hydrogen-bond acceptors (Lipinski definition) is 3. The van der Waals surface area contributed by atoms with Gasteiger partial charge in [0.15, 0.2) is 0 Å². The number of nitrogens with zero attached hydrogens (tertiary/aromatic N) is 1. The van der Waals surface area contributed by atoms with E-state index in [4.69, 9.17) is 4.74 Å². The van der Waals surface area contributed by atoms with E-state index in [-0.39, 0.29) is 5.91 Å². The van der Waals surface area contributed by atoms with Gasteiger partial charge in [-0.25, -0.2) is 0 Å². The highest BCUT2D eigenvalue weighted by Crippen LogP contribution is 2.12. The van der Waals surface area contributed by atoms with Gasteiger partial charge >= 0.3 is 0 Å². The average Bonchev–Trinajstić information content (AvgIpc) is 2.49. The van der Waals surface area contributed by atoms with Crippen LogP contribution >= 0.6 is 0 Å². The number of hydrogen-bond donors (Lipinski definition) is 1. The standard InChI is InChI=1S/C15H22N2O2/c1-2-13-3-5-14(6-4-13)19-12-7-15(18)17-10-8-16-9-11-17/h3-6,16H,2,7-12H2,1H3. The van der Waals surface area contributed by atoms with Gasteiger partial charge in [-0.3, -0.25) is 4.79 Å². The van der Waals surface area contributed by atoms with Crippen molar-refractivity contribution in [1.29, 1.82) is 0 Å². The van der Waals surface area contributed by atoms with Crippen LogP contribution in [-0.4, -0.2) is 43.6 Å². The largest absolute Gasteiger partial charge is 0.493 e. The summed E-state index contributed by atoms with van der Waals surface area (Å²) < 4.78 is 5.60. The van der Waals surface area contributed by atoms with Gasteiger partial charge in [-0.1, -0.05) is 19.1 Å². The van der Waals surface area contributed by atoms with Gasteiger partial charge in [0.2, 0.25) is 5.91 Å². The van der Waals surface area contributed by atoms with Crippen LogP contribution in [0.1, 0.15) is 18.9 Å². The summed E-state index contributed by atoms with van der Waals surface area (Å²) in [6.45, 7) is 5.99. The average molecular weight is 262 g/mol. The fourth-order valence-corrected chi connectivity index (χ4v) is 2.15. The summed E-state index contributed by atoms with van der Waals surface area (Å²) >= 11 is 0. The highest BCUT2D eigenvalue weighted by Gasteiger charge is 2.15. The maximum atomic E-state index is 11.9. The molecule has 1 amide bonds. The lowest BCUT2D eigenvalue weighted by Gasteiger charge is -2.27. The molecule has 0 aliphatic carbocycles. The topological polar surface area (TPSA) is 41.6 Å². The number of amides is 1. The third kappa shape index (κ3) is 4.24. The maximum Gasteiger partial charge on any atom is 0.226 e. The molecule has 0 saturated carbocycles. The number of piperazine rings is 1. The molecule has 4 heteroatoms. The molecule has 1 heterocycles. The number of ether oxygens (including phenoxy) is 1. The van der Waals surface area contributed by atoms with E-state index in [0.717, 1.165) is 38.3 Å². The molecule has 0 aromatic heterocycles. The first-order chi connectivity index (χ1) is 9.29. The van der Waals surface area contributed by atoms with Crippen molar-refractivity contribution < 1.29 is 9.53 Å². The Morgan fingerprint density at radius 3 is 2.58 bits per heavy atom. The summed E-state index contributed by atoms with van der Waals surface area (Å²) in [7, 11) is 0. The van der Waals surface area contributed by atoms with Crippen molar-refractivity contribution in [3.63, 3.8) is 0 Å². The molecule has 104 valence electrons. The van der Waals surface area contributed by atoms with Gasteiger partial charge in [-0.15, -0.1) is 0 Å². The van der Waals surface area contributed by atoms with Gasteiger partial charge in [0.1, 0.15) is 5.75 Å². The lowest BCUT2D eigenvalue weighted by atomic mass is 10.2. The Kier molecular flexibility index (Phi) is 5.21. The van der Waals surface area contributed by atoms with Crippen molar-refractivity contribution in [2.24, 2.45) is 0 Å². The molecule has 19 heavy (non-hydrogen) atoms. The van der Waals surface area contributed by atoms with Crippen molar-refractivity contribution in [1.82, 2.24) is 10.2 Å². The molecule has 1 aliphatic heterocycles. The molecule has 0 bridgehead atoms. The van der Waals surface area contributed by atoms with Crippen LogP contribution in [0.25, 0.3) is 0 Å². The van der Waals surface area contributed by atoms with Crippen molar-refractivity contribution in [2.75, 3.05) is 32.8 Å². The second-order valence-electron chi connectivity index (χ2n) is 4.73. The molecule has 0 radical (unpaired) electrons. The summed E-state index contributed by atoms with van der Waals surface area (Å²) in [6, 6.07) is 8.06. The number of carbonyl (C=O) groups is 1. The second kappa shape index (κ2) is 7.14. The van der Waals surface area contributed by atoms with E-state index in [0.29, 0.717) is 13.0 Å². The quantitative estimate of drug-likeness (QED) is 0.873. The van der Waals surface area contributed by atoms with E-state index in [9.17, 15) is 4.79 Å². The molecular weight excluding hydrogens is 240 g/mol. The van der Waals surface area contributed by atoms with Gasteiger partial charge in [0, 0.05) is 26.2 Å². The fourth-order valence-electron chi connectivity index (χ4n) is 2.15. The predicted molar refractivity (Wildman–Crippen MR) is 75.4 cm³/mol. The molecule has 0 unspecified atom stereocenters. The van der Waals surface area contributed by atoms with E-state index in [1.165, 1.54) is 5.56 Å². The van der Waals surface area contributed by atoms with Crippen LogP contribution in [0, 0.1) is 0 Å². The first kappa shape index (κ1) is 13.9. The smallest absolute Gasteiger partial charge is 0.226 e. The minimum absolute atomic E-state index is 0.187. The Morgan fingerprint density at radius 2 is 1.95 bits per heavy atom. The summed E-state index contributed by atoms with van der Waals surface area (Å²) in [5.41, 5.74) is 1.30. The van der Waals surface area contributed by atoms with E-state index >= 15 is 0 Å². The van der Waals surface area contributed by atoms with Crippen molar-refractivity contribution in [3.8, 4) is 5.75 Å². The molecule has 0 spiro atoms. The molecule has 2 rings (SSSR count). The molecule has 1 aliphatic rings. The van der Waals surface area contributed by atoms with Crippen LogP contribution in [0.3, 0.4) is 0 Å². The molecule has 1 aromatic rings. The SMILES string of the molecule is CCc1ccc(OCCC(=O)N2CCNCC2)cc1. The third-order valence-electron chi connectivity index (χ3n) is 3.39. The molecule has 4 nitrogen and oxygen atoms in total. The zero-order valence-corrected chi connectivity index (χ0v) is 11.5. The molecule has 0 atom stereocenters. The molecular formula is C15H22N2O2. The van der Waals surface area contributed by atoms with E-state index in [1.54, 1.807) is 0 Å². The van der Waals surface area contributed by atoms with Crippen LogP contribution in [-0.2, 0) is 11.2 Å². The van der Waals surface area contributed by atoms with Gasteiger partial charge in [0.25, 0.3) is 0 Å². The van der Waals surface area contributed by atoms with Crippen LogP contribution in [0.4, 0.5) is 0 Å². The molecule has 1 fully saturated rings. The summed E-state index contributed by atoms with van der Waals surface area (Å²) in [5.74, 6) is 1.02. The third-order valence-corrected chi connectivity index (χ3v) is 3.39. The lowest BCUT2D eigenvalue weighted by Crippen LogP contribution is -2.46. The Balaban J connectivity index is 1.71. The van der Waals surface area contributed by atoms with E-state index in [2.05, 4.69) is 24.4 Å². The first-order valence-electron chi connectivity index (χ1n) is 7.00. The molecule has 1 saturated heterocycles. The lowest BCUT2D eigenvalue weighted by molar-refractivity contribution is -0.132. The number of rotatable bonds is 5. The van der Waals surface area contributed by atoms with Crippen molar-refractivity contribution in [2.45, 2.75) is 19.8 Å². The van der Waals surface area contributed by atoms with Gasteiger partial charge in [0.05, 0.1) is 13.0 Å². The Hall–Kier alpha value is -1.55. The van der Waals surface area contributed by atoms with E-state index < -0.39 is 0 Å². The zero-order valence-electron chi connectivity index (χ0n) is 11.5. The Labute approximate surface area is 114 Å². The Morgan fingerprint density at radius 1 is 1.26 bits per heavy atom. The number of aryl methyl sites for hydroxylation is 1. The van der Waals surface area contributed by atoms with Crippen molar-refractivity contribution in [3.05, 3.63) is 29.8 Å². The maximum absolute atomic E-state index is 11.9. The molecule has 1 aromatic carbocycles. The monoisotopic (exact) mass is 262 g/mol. The minimum atomic E-state index is 0.187. The first-order valence-corrected chi connectivity index (χ1v) is 7.00. The number of carbonyl (C=O) groups excluding carboxylic acids is 1. The van der Waals surface area contributed by atoms with Crippen LogP contribution < -0.4 is 10.1 Å². The van der Waals surface area contributed by atoms with Crippen LogP contribution in [0.15, 0.2) is 24.3 Å². The molecule has 1 N–H and O–H groups in total. The minimum Gasteiger partial charge on any atom is -0.493 e. The number of nitrogens with one attached hydrogen (secondary N) is 1. The zero-order chi connectivity index (χ0) is 13.5. The van der Waals surface area contributed by atoms with Crippen molar-refractivity contribution >= 4 is 5.91 Å². The van der Waals surface area contributed by atoms with Crippen LogP contribution in [0.2, 0.25) is 0 Å². The fraction of sp³-hybridized carbons (Fsp3) is 0.533. The van der Waals surface area contributed by atoms with Crippen LogP contribution in [0.5, 0.6) is 5.75 Å². The summed E-state index contributed by atoms with van der Waals surface area (Å²) in [4.78, 5) is 13.8. The normalized spacial score (nSPS) is 15.3. The Bertz CT molecular complexity index is 397. The predicted octanol–water partition coefficient (Wildman–Crippen LogP) is 1.45. The van der Waals surface area contributed by atoms with Gasteiger partial charge in [-0.2, -0.15) is 0 Å². The highest BCUT2D eigenvalue weighted by molar-refractivity contribution is 5.76. The van der Waals surface area contributed by atoms with Gasteiger partial charge < -0.3 is 15.0 Å². The van der Waals surface area contributed by atoms with Gasteiger partial charge in [-0.05, 0) is 24.1 Å². The number of benzene rings is 1. The second-order valence-corrected chi connectivity index (χ2v) is 4.73. The van der Waals surface area contributed by atoms with E-state index in [1.807, 2.05) is 17.0 Å². The summed E-state index contributed by atoms with van der Waals surface area (Å²) in [6.07, 6.45) is 1.48. The highest BCUT2D eigenvalue weighted by atomic mass is 16.5.